The van der Waals surface area contributed by atoms with E-state index in [1.807, 2.05) is 127 Å². The summed E-state index contributed by atoms with van der Waals surface area (Å²) < 4.78 is 47.4. The van der Waals surface area contributed by atoms with Crippen LogP contribution in [-0.2, 0) is 6.18 Å². The van der Waals surface area contributed by atoms with Crippen LogP contribution in [0.2, 0.25) is 0 Å². The molecule has 0 aliphatic carbocycles. The summed E-state index contributed by atoms with van der Waals surface area (Å²) in [5, 5.41) is 23.9. The van der Waals surface area contributed by atoms with E-state index < -0.39 is 11.7 Å². The van der Waals surface area contributed by atoms with Crippen molar-refractivity contribution in [1.82, 2.24) is 9.13 Å². The lowest BCUT2D eigenvalue weighted by Gasteiger charge is -2.20. The predicted octanol–water partition coefficient (Wildman–Crippen LogP) is 16.2. The normalized spacial score (nSPS) is 11.5. The topological polar surface area (TPSA) is 61.8 Å². The molecule has 5 nitrogen and oxygen atoms in total. The molecule has 0 saturated carbocycles. The van der Waals surface area contributed by atoms with Crippen molar-refractivity contribution in [3.63, 3.8) is 0 Å². The number of nitrogens with zero attached hydrogens (tertiary/aromatic N) is 5. The van der Waals surface area contributed by atoms with Gasteiger partial charge in [-0.05, 0) is 130 Å². The monoisotopic (exact) mass is 869 g/mol. The molecule has 2 aromatic heterocycles. The second-order valence-corrected chi connectivity index (χ2v) is 16.6. The van der Waals surface area contributed by atoms with E-state index >= 15 is 0 Å². The number of hydrogen-bond donors (Lipinski definition) is 0. The fourth-order valence-corrected chi connectivity index (χ4v) is 9.71. The van der Waals surface area contributed by atoms with Crippen molar-refractivity contribution in [3.05, 3.63) is 222 Å². The molecule has 0 bridgehead atoms. The SMILES string of the molecule is [C-]#[N+]c1ccc(-n2c3ccccc3c3cc(-c4ccccc4C#N)ccc32)c(-c2ccc(-c3cc(C)cc(C(F)(F)F)c3)cc2-n2c3ccccc3c3cc(-c4ccccc4C#N)ccc32)c1. The number of benzene rings is 9. The maximum atomic E-state index is 14.4. The molecule has 8 heteroatoms. The van der Waals surface area contributed by atoms with Crippen molar-refractivity contribution in [2.24, 2.45) is 0 Å². The minimum absolute atomic E-state index is 0.418. The van der Waals surface area contributed by atoms with Gasteiger partial charge in [0, 0.05) is 27.1 Å². The summed E-state index contributed by atoms with van der Waals surface area (Å²) in [6.07, 6.45) is -4.55. The number of rotatable bonds is 6. The van der Waals surface area contributed by atoms with Crippen molar-refractivity contribution in [1.29, 1.82) is 10.5 Å². The molecule has 0 unspecified atom stereocenters. The molecule has 0 spiro atoms. The van der Waals surface area contributed by atoms with Gasteiger partial charge in [0.25, 0.3) is 0 Å². The summed E-state index contributed by atoms with van der Waals surface area (Å²) in [6.45, 7) is 9.86. The highest BCUT2D eigenvalue weighted by molar-refractivity contribution is 6.13. The molecule has 0 fully saturated rings. The minimum Gasteiger partial charge on any atom is -0.309 e. The Morgan fingerprint density at radius 1 is 0.448 bits per heavy atom. The van der Waals surface area contributed by atoms with E-state index in [2.05, 4.69) is 62.5 Å². The van der Waals surface area contributed by atoms with E-state index in [4.69, 9.17) is 6.57 Å². The number of aromatic nitrogens is 2. The van der Waals surface area contributed by atoms with Crippen LogP contribution in [0.1, 0.15) is 22.3 Å². The lowest BCUT2D eigenvalue weighted by atomic mass is 9.94. The average Bonchev–Trinajstić information content (AvgIpc) is 3.87. The number of nitriles is 2. The molecular weight excluding hydrogens is 836 g/mol. The molecule has 9 aromatic carbocycles. The summed E-state index contributed by atoms with van der Waals surface area (Å²) in [5.74, 6) is 0. The van der Waals surface area contributed by atoms with Gasteiger partial charge >= 0.3 is 6.18 Å². The van der Waals surface area contributed by atoms with Gasteiger partial charge in [-0.3, -0.25) is 0 Å². The Bertz CT molecular complexity index is 3980. The van der Waals surface area contributed by atoms with E-state index in [9.17, 15) is 23.7 Å². The maximum absolute atomic E-state index is 14.4. The third-order valence-electron chi connectivity index (χ3n) is 12.7. The highest BCUT2D eigenvalue weighted by atomic mass is 19.4. The number of hydrogen-bond acceptors (Lipinski definition) is 2. The first-order valence-electron chi connectivity index (χ1n) is 21.5. The minimum atomic E-state index is -4.55. The Labute approximate surface area is 383 Å². The molecule has 316 valence electrons. The smallest absolute Gasteiger partial charge is 0.309 e. The molecule has 0 radical (unpaired) electrons. The summed E-state index contributed by atoms with van der Waals surface area (Å²) in [7, 11) is 0. The van der Waals surface area contributed by atoms with E-state index in [1.54, 1.807) is 19.1 Å². The van der Waals surface area contributed by atoms with E-state index in [-0.39, 0.29) is 0 Å². The van der Waals surface area contributed by atoms with Crippen molar-refractivity contribution >= 4 is 49.3 Å². The molecule has 11 aromatic rings. The maximum Gasteiger partial charge on any atom is 0.416 e. The zero-order valence-electron chi connectivity index (χ0n) is 35.8. The molecular formula is C59H34F3N5. The van der Waals surface area contributed by atoms with Crippen LogP contribution in [0.4, 0.5) is 18.9 Å². The highest BCUT2D eigenvalue weighted by Crippen LogP contribution is 2.45. The zero-order valence-corrected chi connectivity index (χ0v) is 35.8. The molecule has 67 heavy (non-hydrogen) atoms. The van der Waals surface area contributed by atoms with E-state index in [1.165, 1.54) is 6.07 Å². The third kappa shape index (κ3) is 6.78. The van der Waals surface area contributed by atoms with Gasteiger partial charge in [0.1, 0.15) is 0 Å². The lowest BCUT2D eigenvalue weighted by Crippen LogP contribution is -2.05. The van der Waals surface area contributed by atoms with Crippen LogP contribution >= 0.6 is 0 Å². The van der Waals surface area contributed by atoms with Gasteiger partial charge in [-0.1, -0.05) is 109 Å². The van der Waals surface area contributed by atoms with Crippen LogP contribution in [0.15, 0.2) is 188 Å². The van der Waals surface area contributed by atoms with E-state index in [0.29, 0.717) is 39.2 Å². The first-order chi connectivity index (χ1) is 32.6. The van der Waals surface area contributed by atoms with Crippen LogP contribution < -0.4 is 0 Å². The van der Waals surface area contributed by atoms with Gasteiger partial charge in [0.15, 0.2) is 5.69 Å². The quantitative estimate of drug-likeness (QED) is 0.156. The van der Waals surface area contributed by atoms with Gasteiger partial charge in [-0.15, -0.1) is 0 Å². The van der Waals surface area contributed by atoms with E-state index in [0.717, 1.165) is 88.7 Å². The fraction of sp³-hybridized carbons (Fsp3) is 0.0339. The molecule has 0 N–H and O–H groups in total. The Kier molecular flexibility index (Phi) is 9.59. The Balaban J connectivity index is 1.22. The Morgan fingerprint density at radius 2 is 0.970 bits per heavy atom. The van der Waals surface area contributed by atoms with Gasteiger partial charge in [0.2, 0.25) is 0 Å². The molecule has 0 aliphatic heterocycles. The summed E-state index contributed by atoms with van der Waals surface area (Å²) >= 11 is 0. The van der Waals surface area contributed by atoms with Crippen LogP contribution in [0, 0.1) is 36.2 Å². The molecule has 0 atom stereocenters. The molecule has 2 heterocycles. The van der Waals surface area contributed by atoms with Crippen LogP contribution in [0.5, 0.6) is 0 Å². The Morgan fingerprint density at radius 3 is 1.54 bits per heavy atom. The third-order valence-corrected chi connectivity index (χ3v) is 12.7. The van der Waals surface area contributed by atoms with Crippen molar-refractivity contribution in [3.8, 4) is 68.0 Å². The number of alkyl halides is 3. The summed E-state index contributed by atoms with van der Waals surface area (Å²) in [4.78, 5) is 3.90. The zero-order chi connectivity index (χ0) is 46.0. The van der Waals surface area contributed by atoms with Crippen LogP contribution in [0.25, 0.3) is 104 Å². The molecule has 0 saturated heterocycles. The second kappa shape index (κ2) is 15.8. The van der Waals surface area contributed by atoms with Crippen molar-refractivity contribution in [2.75, 3.05) is 0 Å². The molecule has 0 amide bonds. The number of fused-ring (bicyclic) bond motifs is 6. The largest absolute Gasteiger partial charge is 0.416 e. The predicted molar refractivity (Wildman–Crippen MR) is 262 cm³/mol. The Hall–Kier alpha value is -9.16. The lowest BCUT2D eigenvalue weighted by molar-refractivity contribution is -0.137. The van der Waals surface area contributed by atoms with Crippen LogP contribution in [-0.4, -0.2) is 9.13 Å². The van der Waals surface area contributed by atoms with Crippen LogP contribution in [0.3, 0.4) is 0 Å². The van der Waals surface area contributed by atoms with Crippen molar-refractivity contribution in [2.45, 2.75) is 13.1 Å². The van der Waals surface area contributed by atoms with Gasteiger partial charge in [0.05, 0.1) is 68.8 Å². The van der Waals surface area contributed by atoms with Gasteiger partial charge in [-0.2, -0.15) is 23.7 Å². The summed E-state index contributed by atoms with van der Waals surface area (Å²) in [6, 6.07) is 63.8. The highest BCUT2D eigenvalue weighted by Gasteiger charge is 2.31. The van der Waals surface area contributed by atoms with Crippen molar-refractivity contribution < 1.29 is 13.2 Å². The molecule has 11 rings (SSSR count). The first-order valence-corrected chi connectivity index (χ1v) is 21.5. The standard InChI is InChI=1S/C59H34F3N5/c1-36-27-42(29-43(28-36)59(60,61)62)37-19-23-49(58(32-37)67-54-18-10-8-16-48(54)51-31-39(21-25-56(51)67)46-14-6-4-12-41(46)35-64)52-33-44(65-2)22-26-57(52)66-53-17-9-7-15-47(53)50-30-38(20-24-55(50)66)45-13-5-3-11-40(45)34-63/h3-33H,1H3. The number of para-hydroxylation sites is 2. The fourth-order valence-electron chi connectivity index (χ4n) is 9.71. The number of aryl methyl sites for hydroxylation is 1. The number of halogens is 3. The van der Waals surface area contributed by atoms with Gasteiger partial charge in [-0.25, -0.2) is 4.85 Å². The molecule has 0 aliphatic rings. The van der Waals surface area contributed by atoms with Gasteiger partial charge < -0.3 is 9.13 Å². The first kappa shape index (κ1) is 40.6. The summed E-state index contributed by atoms with van der Waals surface area (Å²) in [5.41, 5.74) is 12.3. The second-order valence-electron chi connectivity index (χ2n) is 16.6. The average molecular weight is 870 g/mol.